The maximum Gasteiger partial charge on any atom is 0.301 e. The lowest BCUT2D eigenvalue weighted by molar-refractivity contribution is -0.132. The van der Waals surface area contributed by atoms with Gasteiger partial charge in [0.2, 0.25) is 5.13 Å². The van der Waals surface area contributed by atoms with Gasteiger partial charge in [0.05, 0.1) is 18.2 Å². The number of rotatable bonds is 10. The van der Waals surface area contributed by atoms with Crippen LogP contribution in [0, 0.1) is 0 Å². The molecule has 2 aliphatic rings. The van der Waals surface area contributed by atoms with E-state index in [0.29, 0.717) is 45.0 Å². The third-order valence-corrected chi connectivity index (χ3v) is 9.94. The van der Waals surface area contributed by atoms with Gasteiger partial charge in [0.15, 0.2) is 4.34 Å². The molecule has 1 amide bonds. The monoisotopic (exact) mass is 647 g/mol. The van der Waals surface area contributed by atoms with Gasteiger partial charge in [-0.2, -0.15) is 0 Å². The topological polar surface area (TPSA) is 102 Å². The van der Waals surface area contributed by atoms with Gasteiger partial charge >= 0.3 is 5.91 Å². The van der Waals surface area contributed by atoms with Crippen LogP contribution in [0.1, 0.15) is 55.0 Å². The van der Waals surface area contributed by atoms with Crippen LogP contribution >= 0.6 is 34.7 Å². The van der Waals surface area contributed by atoms with Gasteiger partial charge in [0.1, 0.15) is 23.4 Å². The number of aromatic nitrogens is 2. The number of ether oxygens (including phenoxy) is 2. The smallest absolute Gasteiger partial charge is 0.301 e. The largest absolute Gasteiger partial charge is 0.507 e. The molecule has 0 spiro atoms. The molecular weight excluding hydrogens is 618 g/mol. The lowest BCUT2D eigenvalue weighted by Crippen LogP contribution is -2.29. The minimum atomic E-state index is -0.942. The van der Waals surface area contributed by atoms with Crippen LogP contribution in [-0.2, 0) is 21.8 Å². The lowest BCUT2D eigenvalue weighted by Gasteiger charge is -2.23. The third kappa shape index (κ3) is 6.06. The van der Waals surface area contributed by atoms with Crippen LogP contribution in [0.2, 0.25) is 5.02 Å². The van der Waals surface area contributed by atoms with Crippen molar-refractivity contribution in [3.05, 3.63) is 99.6 Å². The molecule has 1 N–H and O–H groups in total. The summed E-state index contributed by atoms with van der Waals surface area (Å²) in [5.74, 6) is 0.0839. The van der Waals surface area contributed by atoms with E-state index in [2.05, 4.69) is 17.1 Å². The van der Waals surface area contributed by atoms with Gasteiger partial charge in [-0.25, -0.2) is 0 Å². The second-order valence-corrected chi connectivity index (χ2v) is 13.2. The second-order valence-electron chi connectivity index (χ2n) is 10.6. The molecule has 226 valence electrons. The number of Topliss-reactive ketones (excluding diaryl/α,β-unsaturated/α-hetero) is 1. The molecule has 0 radical (unpaired) electrons. The zero-order chi connectivity index (χ0) is 30.8. The Morgan fingerprint density at radius 3 is 2.80 bits per heavy atom. The standard InChI is InChI=1S/C33H30ClN3O5S2/c1-3-4-14-41-24-10-7-9-20(17-24)28-27(29(38)21-12-13-26-23(16-21)15-19(2)42-26)30(39)31(40)37(28)32-35-36-33(44-32)43-18-22-8-5-6-11-25(22)34/h5-13,16-17,19,28,38H,3-4,14-15,18H2,1-2H3/t19-,28+/m1/s1. The van der Waals surface area contributed by atoms with Crippen molar-refractivity contribution < 1.29 is 24.2 Å². The molecule has 0 unspecified atom stereocenters. The van der Waals surface area contributed by atoms with E-state index in [1.54, 1.807) is 18.2 Å². The van der Waals surface area contributed by atoms with Gasteiger partial charge in [-0.15, -0.1) is 10.2 Å². The van der Waals surface area contributed by atoms with Gasteiger partial charge in [0, 0.05) is 22.8 Å². The van der Waals surface area contributed by atoms with E-state index in [1.807, 2.05) is 55.5 Å². The summed E-state index contributed by atoms with van der Waals surface area (Å²) in [5.41, 5.74) is 2.91. The number of benzene rings is 3. The summed E-state index contributed by atoms with van der Waals surface area (Å²) in [6, 6.07) is 19.2. The Morgan fingerprint density at radius 1 is 1.14 bits per heavy atom. The van der Waals surface area contributed by atoms with Crippen molar-refractivity contribution in [3.63, 3.8) is 0 Å². The summed E-state index contributed by atoms with van der Waals surface area (Å²) >= 11 is 8.97. The first kappa shape index (κ1) is 30.2. The van der Waals surface area contributed by atoms with E-state index in [9.17, 15) is 14.7 Å². The number of unbranched alkanes of at least 4 members (excludes halogenated alkanes) is 1. The predicted molar refractivity (Wildman–Crippen MR) is 173 cm³/mol. The Bertz CT molecular complexity index is 1760. The predicted octanol–water partition coefficient (Wildman–Crippen LogP) is 7.61. The minimum Gasteiger partial charge on any atom is -0.507 e. The van der Waals surface area contributed by atoms with Crippen molar-refractivity contribution in [2.75, 3.05) is 11.5 Å². The van der Waals surface area contributed by atoms with Crippen LogP contribution in [0.25, 0.3) is 5.76 Å². The molecule has 2 atom stereocenters. The number of carbonyl (C=O) groups is 2. The zero-order valence-corrected chi connectivity index (χ0v) is 26.5. The number of fused-ring (bicyclic) bond motifs is 1. The van der Waals surface area contributed by atoms with Gasteiger partial charge in [-0.05, 0) is 66.4 Å². The Balaban J connectivity index is 1.39. The van der Waals surface area contributed by atoms with E-state index < -0.39 is 17.7 Å². The summed E-state index contributed by atoms with van der Waals surface area (Å²) < 4.78 is 12.4. The summed E-state index contributed by atoms with van der Waals surface area (Å²) in [5, 5.41) is 21.2. The summed E-state index contributed by atoms with van der Waals surface area (Å²) in [7, 11) is 0. The number of hydrogen-bond donors (Lipinski definition) is 1. The molecule has 4 aromatic rings. The molecule has 6 rings (SSSR count). The van der Waals surface area contributed by atoms with Gasteiger partial charge < -0.3 is 14.6 Å². The summed E-state index contributed by atoms with van der Waals surface area (Å²) in [4.78, 5) is 28.7. The fourth-order valence-corrected chi connectivity index (χ4v) is 7.45. The number of nitrogens with zero attached hydrogens (tertiary/aromatic N) is 3. The van der Waals surface area contributed by atoms with Crippen LogP contribution in [-0.4, -0.2) is 39.7 Å². The average Bonchev–Trinajstić information content (AvgIpc) is 3.71. The molecule has 1 aromatic heterocycles. The fraction of sp³-hybridized carbons (Fsp3) is 0.273. The first-order chi connectivity index (χ1) is 21.3. The first-order valence-electron chi connectivity index (χ1n) is 14.4. The van der Waals surface area contributed by atoms with Gasteiger partial charge in [-0.1, -0.05) is 78.4 Å². The van der Waals surface area contributed by atoms with Crippen molar-refractivity contribution in [2.24, 2.45) is 0 Å². The van der Waals surface area contributed by atoms with Crippen LogP contribution in [0.4, 0.5) is 5.13 Å². The highest BCUT2D eigenvalue weighted by atomic mass is 35.5. The number of carbonyl (C=O) groups excluding carboxylic acids is 2. The maximum atomic E-state index is 13.7. The fourth-order valence-electron chi connectivity index (χ4n) is 5.29. The van der Waals surface area contributed by atoms with E-state index in [1.165, 1.54) is 28.0 Å². The Kier molecular flexibility index (Phi) is 8.93. The van der Waals surface area contributed by atoms with E-state index in [0.717, 1.165) is 29.7 Å². The SMILES string of the molecule is CCCCOc1cccc([C@H]2C(=C(O)c3ccc4c(c3)C[C@@H](C)O4)C(=O)C(=O)N2c2nnc(SCc3ccccc3Cl)s2)c1. The van der Waals surface area contributed by atoms with Crippen molar-refractivity contribution in [1.82, 2.24) is 10.2 Å². The first-order valence-corrected chi connectivity index (χ1v) is 16.6. The van der Waals surface area contributed by atoms with Crippen LogP contribution in [0.5, 0.6) is 11.5 Å². The molecular formula is C33H30ClN3O5S2. The molecule has 11 heteroatoms. The molecule has 0 saturated carbocycles. The number of halogens is 1. The average molecular weight is 648 g/mol. The molecule has 1 fully saturated rings. The highest BCUT2D eigenvalue weighted by molar-refractivity contribution is 8.00. The number of anilines is 1. The summed E-state index contributed by atoms with van der Waals surface area (Å²) in [6.45, 7) is 4.60. The lowest BCUT2D eigenvalue weighted by atomic mass is 9.94. The highest BCUT2D eigenvalue weighted by Gasteiger charge is 2.48. The Labute approximate surface area is 268 Å². The molecule has 0 bridgehead atoms. The number of thioether (sulfide) groups is 1. The van der Waals surface area contributed by atoms with Gasteiger partial charge in [-0.3, -0.25) is 14.5 Å². The van der Waals surface area contributed by atoms with E-state index >= 15 is 0 Å². The third-order valence-electron chi connectivity index (χ3n) is 7.47. The number of hydrogen-bond acceptors (Lipinski definition) is 9. The van der Waals surface area contributed by atoms with Crippen molar-refractivity contribution >= 4 is 57.3 Å². The number of aliphatic hydroxyl groups excluding tert-OH is 1. The van der Waals surface area contributed by atoms with Crippen molar-refractivity contribution in [1.29, 1.82) is 0 Å². The maximum absolute atomic E-state index is 13.7. The molecule has 0 aliphatic carbocycles. The molecule has 1 saturated heterocycles. The van der Waals surface area contributed by atoms with Gasteiger partial charge in [0.25, 0.3) is 5.78 Å². The second kappa shape index (κ2) is 13.0. The zero-order valence-electron chi connectivity index (χ0n) is 24.2. The molecule has 8 nitrogen and oxygen atoms in total. The van der Waals surface area contributed by atoms with E-state index in [-0.39, 0.29) is 22.6 Å². The van der Waals surface area contributed by atoms with Crippen LogP contribution in [0.15, 0.2) is 76.6 Å². The molecule has 2 aliphatic heterocycles. The van der Waals surface area contributed by atoms with E-state index in [4.69, 9.17) is 21.1 Å². The highest BCUT2D eigenvalue weighted by Crippen LogP contribution is 2.45. The van der Waals surface area contributed by atoms with Crippen LogP contribution in [0.3, 0.4) is 0 Å². The minimum absolute atomic E-state index is 0.0193. The normalized spacial score (nSPS) is 18.8. The Morgan fingerprint density at radius 2 is 1.98 bits per heavy atom. The van der Waals surface area contributed by atoms with Crippen molar-refractivity contribution in [3.8, 4) is 11.5 Å². The number of ketones is 1. The molecule has 3 aromatic carbocycles. The quantitative estimate of drug-likeness (QED) is 0.0469. The Hall–Kier alpha value is -3.86. The number of amides is 1. The summed E-state index contributed by atoms with van der Waals surface area (Å²) in [6.07, 6.45) is 2.58. The number of aliphatic hydroxyl groups is 1. The van der Waals surface area contributed by atoms with Crippen LogP contribution < -0.4 is 14.4 Å². The molecule has 44 heavy (non-hydrogen) atoms. The molecule has 3 heterocycles. The van der Waals surface area contributed by atoms with Crippen molar-refractivity contribution in [2.45, 2.75) is 55.3 Å².